The summed E-state index contributed by atoms with van der Waals surface area (Å²) in [6.07, 6.45) is 0. The highest BCUT2D eigenvalue weighted by molar-refractivity contribution is 6.09. The normalized spacial score (nSPS) is 11.6. The molecular formula is C22H23NO. The van der Waals surface area contributed by atoms with Crippen molar-refractivity contribution in [1.82, 2.24) is 4.57 Å². The fourth-order valence-corrected chi connectivity index (χ4v) is 3.31. The number of para-hydroxylation sites is 2. The molecule has 0 saturated carbocycles. The molecule has 0 unspecified atom stereocenters. The summed E-state index contributed by atoms with van der Waals surface area (Å²) in [6, 6.07) is 26.2. The third-order valence-corrected chi connectivity index (χ3v) is 4.57. The van der Waals surface area contributed by atoms with Gasteiger partial charge in [-0.3, -0.25) is 0 Å². The van der Waals surface area contributed by atoms with E-state index in [4.69, 9.17) is 0 Å². The maximum Gasteiger partial charge on any atom is 0.0541 e. The molecule has 0 saturated heterocycles. The van der Waals surface area contributed by atoms with Gasteiger partial charge in [0.2, 0.25) is 0 Å². The molecule has 2 heteroatoms. The van der Waals surface area contributed by atoms with Crippen LogP contribution >= 0.6 is 0 Å². The van der Waals surface area contributed by atoms with E-state index in [1.807, 2.05) is 0 Å². The first-order valence-corrected chi connectivity index (χ1v) is 8.15. The van der Waals surface area contributed by atoms with E-state index in [-0.39, 0.29) is 10.9 Å². The molecule has 3 aromatic carbocycles. The van der Waals surface area contributed by atoms with E-state index in [1.165, 1.54) is 33.1 Å². The molecule has 0 radical (unpaired) electrons. The van der Waals surface area contributed by atoms with Crippen molar-refractivity contribution in [3.8, 4) is 5.69 Å². The largest absolute Gasteiger partial charge is 0.412 e. The Labute approximate surface area is 142 Å². The maximum atomic E-state index is 2.36. The van der Waals surface area contributed by atoms with Gasteiger partial charge in [0, 0.05) is 16.5 Å². The Bertz CT molecular complexity index is 935. The van der Waals surface area contributed by atoms with E-state index >= 15 is 0 Å². The average Bonchev–Trinajstić information content (AvgIpc) is 2.89. The van der Waals surface area contributed by atoms with Crippen LogP contribution in [0.25, 0.3) is 27.5 Å². The second-order valence-electron chi connectivity index (χ2n) is 7.17. The van der Waals surface area contributed by atoms with Gasteiger partial charge in [-0.2, -0.15) is 0 Å². The van der Waals surface area contributed by atoms with Crippen LogP contribution in [0.5, 0.6) is 0 Å². The summed E-state index contributed by atoms with van der Waals surface area (Å²) >= 11 is 0. The van der Waals surface area contributed by atoms with Gasteiger partial charge in [-0.25, -0.2) is 0 Å². The molecule has 4 aromatic rings. The van der Waals surface area contributed by atoms with Gasteiger partial charge in [-0.1, -0.05) is 69.3 Å². The Morgan fingerprint density at radius 3 is 1.54 bits per heavy atom. The number of aromatic nitrogens is 1. The van der Waals surface area contributed by atoms with E-state index in [9.17, 15) is 0 Å². The average molecular weight is 317 g/mol. The molecule has 2 nitrogen and oxygen atoms in total. The van der Waals surface area contributed by atoms with Crippen LogP contribution in [0.4, 0.5) is 0 Å². The summed E-state index contributed by atoms with van der Waals surface area (Å²) in [5.74, 6) is 0. The lowest BCUT2D eigenvalue weighted by atomic mass is 9.87. The van der Waals surface area contributed by atoms with Gasteiger partial charge in [0.15, 0.2) is 0 Å². The van der Waals surface area contributed by atoms with Crippen LogP contribution in [-0.4, -0.2) is 10.0 Å². The monoisotopic (exact) mass is 317 g/mol. The van der Waals surface area contributed by atoms with Crippen molar-refractivity contribution in [2.75, 3.05) is 0 Å². The fraction of sp³-hybridized carbons (Fsp3) is 0.182. The first-order valence-electron chi connectivity index (χ1n) is 8.15. The molecule has 0 aliphatic rings. The predicted octanol–water partition coefficient (Wildman–Crippen LogP) is 5.26. The first-order chi connectivity index (χ1) is 11.1. The highest BCUT2D eigenvalue weighted by atomic mass is 16.0. The third kappa shape index (κ3) is 2.49. The van der Waals surface area contributed by atoms with Crippen LogP contribution in [-0.2, 0) is 5.41 Å². The Kier molecular flexibility index (Phi) is 3.94. The van der Waals surface area contributed by atoms with Crippen molar-refractivity contribution in [1.29, 1.82) is 0 Å². The van der Waals surface area contributed by atoms with Crippen molar-refractivity contribution in [2.24, 2.45) is 0 Å². The Hall–Kier alpha value is -2.58. The fourth-order valence-electron chi connectivity index (χ4n) is 3.31. The quantitative estimate of drug-likeness (QED) is 0.459. The van der Waals surface area contributed by atoms with Crippen LogP contribution in [0.1, 0.15) is 26.3 Å². The Morgan fingerprint density at radius 2 is 1.08 bits per heavy atom. The smallest absolute Gasteiger partial charge is 0.0541 e. The lowest BCUT2D eigenvalue weighted by Crippen LogP contribution is -2.10. The third-order valence-electron chi connectivity index (χ3n) is 4.57. The Balaban J connectivity index is 0.00000169. The number of fused-ring (bicyclic) bond motifs is 3. The van der Waals surface area contributed by atoms with Crippen LogP contribution < -0.4 is 0 Å². The molecule has 0 atom stereocenters. The molecule has 0 fully saturated rings. The van der Waals surface area contributed by atoms with Gasteiger partial charge >= 0.3 is 0 Å². The molecule has 24 heavy (non-hydrogen) atoms. The van der Waals surface area contributed by atoms with E-state index in [0.29, 0.717) is 0 Å². The number of nitrogens with zero attached hydrogens (tertiary/aromatic N) is 1. The maximum absolute atomic E-state index is 2.36. The molecule has 0 spiro atoms. The van der Waals surface area contributed by atoms with E-state index in [1.54, 1.807) is 0 Å². The zero-order valence-corrected chi connectivity index (χ0v) is 14.4. The highest BCUT2D eigenvalue weighted by Crippen LogP contribution is 2.32. The zero-order valence-electron chi connectivity index (χ0n) is 14.4. The van der Waals surface area contributed by atoms with Crippen molar-refractivity contribution >= 4 is 21.8 Å². The predicted molar refractivity (Wildman–Crippen MR) is 103 cm³/mol. The van der Waals surface area contributed by atoms with E-state index < -0.39 is 0 Å². The molecule has 0 aliphatic heterocycles. The number of hydrogen-bond donors (Lipinski definition) is 0. The molecule has 1 aromatic heterocycles. The summed E-state index contributed by atoms with van der Waals surface area (Å²) in [4.78, 5) is 0. The van der Waals surface area contributed by atoms with Gasteiger partial charge in [-0.15, -0.1) is 0 Å². The van der Waals surface area contributed by atoms with Crippen molar-refractivity contribution < 1.29 is 5.48 Å². The first kappa shape index (κ1) is 16.3. The Morgan fingerprint density at radius 1 is 0.625 bits per heavy atom. The molecule has 0 aliphatic carbocycles. The summed E-state index contributed by atoms with van der Waals surface area (Å²) in [5.41, 5.74) is 5.28. The van der Waals surface area contributed by atoms with E-state index in [2.05, 4.69) is 98.1 Å². The van der Waals surface area contributed by atoms with Gasteiger partial charge in [0.1, 0.15) is 0 Å². The summed E-state index contributed by atoms with van der Waals surface area (Å²) in [5, 5.41) is 2.62. The van der Waals surface area contributed by atoms with Crippen LogP contribution in [0, 0.1) is 0 Å². The second-order valence-corrected chi connectivity index (χ2v) is 7.17. The summed E-state index contributed by atoms with van der Waals surface area (Å²) in [7, 11) is 0. The van der Waals surface area contributed by atoms with E-state index in [0.717, 1.165) is 0 Å². The SMILES string of the molecule is CC(C)(C)c1ccc(-n2c3ccccc3c3ccccc32)cc1.O. The molecule has 1 heterocycles. The van der Waals surface area contributed by atoms with Crippen molar-refractivity contribution in [3.05, 3.63) is 78.4 Å². The molecule has 0 amide bonds. The molecule has 122 valence electrons. The number of benzene rings is 3. The zero-order chi connectivity index (χ0) is 16.0. The molecule has 0 bridgehead atoms. The van der Waals surface area contributed by atoms with Gasteiger partial charge in [0.05, 0.1) is 11.0 Å². The van der Waals surface area contributed by atoms with Gasteiger partial charge in [0.25, 0.3) is 0 Å². The summed E-state index contributed by atoms with van der Waals surface area (Å²) in [6.45, 7) is 6.76. The van der Waals surface area contributed by atoms with Gasteiger partial charge in [-0.05, 0) is 35.2 Å². The standard InChI is InChI=1S/C22H21N.H2O/c1-22(2,3)16-12-14-17(15-13-16)23-20-10-6-4-8-18(20)19-9-5-7-11-21(19)23;/h4-15H,1-3H3;1H2. The minimum Gasteiger partial charge on any atom is -0.412 e. The highest BCUT2D eigenvalue weighted by Gasteiger charge is 2.15. The van der Waals surface area contributed by atoms with Crippen LogP contribution in [0.15, 0.2) is 72.8 Å². The molecule has 4 rings (SSSR count). The summed E-state index contributed by atoms with van der Waals surface area (Å²) < 4.78 is 2.36. The van der Waals surface area contributed by atoms with Crippen molar-refractivity contribution in [2.45, 2.75) is 26.2 Å². The number of hydrogen-bond acceptors (Lipinski definition) is 0. The van der Waals surface area contributed by atoms with Crippen LogP contribution in [0.2, 0.25) is 0 Å². The minimum atomic E-state index is 0. The van der Waals surface area contributed by atoms with Gasteiger partial charge < -0.3 is 10.0 Å². The lowest BCUT2D eigenvalue weighted by Gasteiger charge is -2.19. The van der Waals surface area contributed by atoms with Crippen molar-refractivity contribution in [3.63, 3.8) is 0 Å². The minimum absolute atomic E-state index is 0. The lowest BCUT2D eigenvalue weighted by molar-refractivity contribution is 0.590. The van der Waals surface area contributed by atoms with Crippen LogP contribution in [0.3, 0.4) is 0 Å². The molecular weight excluding hydrogens is 294 g/mol. The molecule has 2 N–H and O–H groups in total. The number of rotatable bonds is 1. The topological polar surface area (TPSA) is 36.4 Å². The second kappa shape index (κ2) is 5.81.